The summed E-state index contributed by atoms with van der Waals surface area (Å²) in [6, 6.07) is 9.11. The second-order valence-electron chi connectivity index (χ2n) is 4.82. The molecule has 0 heterocycles. The van der Waals surface area contributed by atoms with Crippen LogP contribution in [0.4, 0.5) is 5.69 Å². The number of halogens is 1. The molecule has 0 radical (unpaired) electrons. The van der Waals surface area contributed by atoms with Crippen LogP contribution in [0.5, 0.6) is 0 Å². The summed E-state index contributed by atoms with van der Waals surface area (Å²) in [6.07, 6.45) is 0. The maximum absolute atomic E-state index is 12.5. The quantitative estimate of drug-likeness (QED) is 0.893. The van der Waals surface area contributed by atoms with Crippen LogP contribution in [0.1, 0.15) is 21.5 Å². The van der Waals surface area contributed by atoms with Crippen LogP contribution < -0.4 is 4.72 Å². The van der Waals surface area contributed by atoms with Crippen LogP contribution in [-0.4, -0.2) is 19.5 Å². The third-order valence-corrected chi connectivity index (χ3v) is 5.00. The van der Waals surface area contributed by atoms with Crippen molar-refractivity contribution in [3.63, 3.8) is 0 Å². The Morgan fingerprint density at radius 2 is 1.77 bits per heavy atom. The van der Waals surface area contributed by atoms with E-state index in [1.54, 1.807) is 32.0 Å². The largest absolute Gasteiger partial charge is 0.478 e. The number of rotatable bonds is 4. The van der Waals surface area contributed by atoms with Gasteiger partial charge in [0.2, 0.25) is 0 Å². The van der Waals surface area contributed by atoms with E-state index in [2.05, 4.69) is 4.72 Å². The van der Waals surface area contributed by atoms with E-state index in [0.717, 1.165) is 6.07 Å². The van der Waals surface area contributed by atoms with E-state index in [1.807, 2.05) is 0 Å². The first-order valence-electron chi connectivity index (χ1n) is 6.34. The predicted molar refractivity (Wildman–Crippen MR) is 85.1 cm³/mol. The van der Waals surface area contributed by atoms with E-state index in [1.165, 1.54) is 12.1 Å². The number of nitrogens with one attached hydrogen (secondary N) is 1. The van der Waals surface area contributed by atoms with Gasteiger partial charge in [-0.2, -0.15) is 0 Å². The van der Waals surface area contributed by atoms with Gasteiger partial charge >= 0.3 is 5.97 Å². The van der Waals surface area contributed by atoms with Crippen LogP contribution in [0, 0.1) is 13.8 Å². The number of aryl methyl sites for hydroxylation is 2. The molecule has 0 spiro atoms. The lowest BCUT2D eigenvalue weighted by Crippen LogP contribution is -2.16. The molecular weight excluding hydrogens is 326 g/mol. The highest BCUT2D eigenvalue weighted by Crippen LogP contribution is 2.26. The molecule has 2 N–H and O–H groups in total. The van der Waals surface area contributed by atoms with Crippen molar-refractivity contribution in [1.82, 2.24) is 0 Å². The van der Waals surface area contributed by atoms with Gasteiger partial charge in [0.1, 0.15) is 0 Å². The predicted octanol–water partition coefficient (Wildman–Crippen LogP) is 3.46. The van der Waals surface area contributed by atoms with E-state index < -0.39 is 16.0 Å². The van der Waals surface area contributed by atoms with Crippen molar-refractivity contribution in [2.45, 2.75) is 18.7 Å². The lowest BCUT2D eigenvalue weighted by atomic mass is 10.1. The van der Waals surface area contributed by atoms with Gasteiger partial charge in [-0.15, -0.1) is 0 Å². The lowest BCUT2D eigenvalue weighted by Gasteiger charge is -2.13. The van der Waals surface area contributed by atoms with Gasteiger partial charge in [-0.3, -0.25) is 4.72 Å². The smallest absolute Gasteiger partial charge is 0.335 e. The second kappa shape index (κ2) is 5.98. The molecule has 0 atom stereocenters. The summed E-state index contributed by atoms with van der Waals surface area (Å²) >= 11 is 5.94. The molecule has 0 saturated heterocycles. The molecule has 0 aliphatic rings. The topological polar surface area (TPSA) is 83.5 Å². The Morgan fingerprint density at radius 1 is 1.14 bits per heavy atom. The fourth-order valence-electron chi connectivity index (χ4n) is 2.10. The molecule has 0 saturated carbocycles. The first-order chi connectivity index (χ1) is 10.2. The van der Waals surface area contributed by atoms with Crippen molar-refractivity contribution in [1.29, 1.82) is 0 Å². The zero-order valence-electron chi connectivity index (χ0n) is 11.9. The minimum atomic E-state index is -3.94. The van der Waals surface area contributed by atoms with E-state index in [0.29, 0.717) is 11.1 Å². The minimum absolute atomic E-state index is 0.0508. The van der Waals surface area contributed by atoms with E-state index in [4.69, 9.17) is 16.7 Å². The molecule has 22 heavy (non-hydrogen) atoms. The number of para-hydroxylation sites is 1. The van der Waals surface area contributed by atoms with Gasteiger partial charge in [-0.25, -0.2) is 13.2 Å². The number of carboxylic acid groups (broad SMARTS) is 1. The molecule has 5 nitrogen and oxygen atoms in total. The number of hydrogen-bond acceptors (Lipinski definition) is 3. The standard InChI is InChI=1S/C15H14ClNO4S/c1-9-7-10(2)14(8-11(9)15(18)19)22(20,21)17-13-6-4-3-5-12(13)16/h3-8,17H,1-2H3,(H,18,19). The Kier molecular flexibility index (Phi) is 4.44. The summed E-state index contributed by atoms with van der Waals surface area (Å²) in [7, 11) is -3.94. The van der Waals surface area contributed by atoms with Crippen LogP contribution in [0.25, 0.3) is 0 Å². The van der Waals surface area contributed by atoms with Crippen LogP contribution in [0.15, 0.2) is 41.3 Å². The Bertz CT molecular complexity index is 847. The summed E-state index contributed by atoms with van der Waals surface area (Å²) in [5, 5.41) is 9.40. The zero-order valence-corrected chi connectivity index (χ0v) is 13.5. The van der Waals surface area contributed by atoms with Gasteiger partial charge in [0.05, 0.1) is 21.2 Å². The number of hydrogen-bond donors (Lipinski definition) is 2. The van der Waals surface area contributed by atoms with Crippen LogP contribution in [0.3, 0.4) is 0 Å². The summed E-state index contributed by atoms with van der Waals surface area (Å²) in [6.45, 7) is 3.23. The Balaban J connectivity index is 2.52. The maximum atomic E-state index is 12.5. The van der Waals surface area contributed by atoms with Crippen LogP contribution in [0.2, 0.25) is 5.02 Å². The number of sulfonamides is 1. The third-order valence-electron chi connectivity index (χ3n) is 3.16. The molecule has 0 amide bonds. The highest BCUT2D eigenvalue weighted by molar-refractivity contribution is 7.92. The van der Waals surface area contributed by atoms with Crippen molar-refractivity contribution in [2.24, 2.45) is 0 Å². The fourth-order valence-corrected chi connectivity index (χ4v) is 3.67. The molecule has 2 aromatic rings. The molecule has 7 heteroatoms. The highest BCUT2D eigenvalue weighted by Gasteiger charge is 2.21. The second-order valence-corrected chi connectivity index (χ2v) is 6.88. The number of benzene rings is 2. The van der Waals surface area contributed by atoms with Gasteiger partial charge < -0.3 is 5.11 Å². The first kappa shape index (κ1) is 16.3. The fraction of sp³-hybridized carbons (Fsp3) is 0.133. The SMILES string of the molecule is Cc1cc(C)c(S(=O)(=O)Nc2ccccc2Cl)cc1C(=O)O. The number of anilines is 1. The monoisotopic (exact) mass is 339 g/mol. The molecule has 0 fully saturated rings. The third kappa shape index (κ3) is 3.23. The van der Waals surface area contributed by atoms with Crippen LogP contribution in [-0.2, 0) is 10.0 Å². The minimum Gasteiger partial charge on any atom is -0.478 e. The van der Waals surface area contributed by atoms with Crippen molar-refractivity contribution >= 4 is 33.3 Å². The summed E-state index contributed by atoms with van der Waals surface area (Å²) in [5.41, 5.74) is 1.15. The van der Waals surface area contributed by atoms with E-state index in [9.17, 15) is 13.2 Å². The highest BCUT2D eigenvalue weighted by atomic mass is 35.5. The van der Waals surface area contributed by atoms with E-state index >= 15 is 0 Å². The lowest BCUT2D eigenvalue weighted by molar-refractivity contribution is 0.0696. The normalized spacial score (nSPS) is 11.2. The van der Waals surface area contributed by atoms with Crippen molar-refractivity contribution in [2.75, 3.05) is 4.72 Å². The maximum Gasteiger partial charge on any atom is 0.335 e. The number of carboxylic acids is 1. The Hall–Kier alpha value is -2.05. The van der Waals surface area contributed by atoms with Gasteiger partial charge in [0.15, 0.2) is 0 Å². The zero-order chi connectivity index (χ0) is 16.5. The molecule has 0 aromatic heterocycles. The van der Waals surface area contributed by atoms with Gasteiger partial charge in [0.25, 0.3) is 10.0 Å². The van der Waals surface area contributed by atoms with E-state index in [-0.39, 0.29) is 21.2 Å². The van der Waals surface area contributed by atoms with Gasteiger partial charge in [-0.05, 0) is 43.2 Å². The summed E-state index contributed by atoms with van der Waals surface area (Å²) in [5.74, 6) is -1.17. The molecule has 0 aliphatic carbocycles. The molecular formula is C15H14ClNO4S. The molecule has 2 aromatic carbocycles. The molecule has 0 bridgehead atoms. The molecule has 0 unspecified atom stereocenters. The molecule has 0 aliphatic heterocycles. The molecule has 116 valence electrons. The first-order valence-corrected chi connectivity index (χ1v) is 8.20. The summed E-state index contributed by atoms with van der Waals surface area (Å²) in [4.78, 5) is 11.1. The number of carbonyl (C=O) groups is 1. The van der Waals surface area contributed by atoms with Gasteiger partial charge in [0, 0.05) is 0 Å². The Labute approximate surface area is 133 Å². The van der Waals surface area contributed by atoms with Crippen molar-refractivity contribution in [3.05, 3.63) is 58.1 Å². The average molecular weight is 340 g/mol. The van der Waals surface area contributed by atoms with Gasteiger partial charge in [-0.1, -0.05) is 29.8 Å². The average Bonchev–Trinajstić information content (AvgIpc) is 2.40. The van der Waals surface area contributed by atoms with Crippen LogP contribution >= 0.6 is 11.6 Å². The number of aromatic carboxylic acids is 1. The molecule has 2 rings (SSSR count). The van der Waals surface area contributed by atoms with Crippen molar-refractivity contribution in [3.8, 4) is 0 Å². The Morgan fingerprint density at radius 3 is 2.36 bits per heavy atom. The summed E-state index contributed by atoms with van der Waals surface area (Å²) < 4.78 is 27.4. The van der Waals surface area contributed by atoms with Crippen molar-refractivity contribution < 1.29 is 18.3 Å².